The fraction of sp³-hybridized carbons (Fsp3) is 0.100. The van der Waals surface area contributed by atoms with Crippen LogP contribution in [-0.4, -0.2) is 13.1 Å². The largest absolute Gasteiger partial charge is 0.455 e. The zero-order valence-electron chi connectivity index (χ0n) is 19.1. The minimum absolute atomic E-state index is 0.896. The van der Waals surface area contributed by atoms with Gasteiger partial charge < -0.3 is 4.42 Å². The SMILES string of the molecule is C[Si](C)(C)c1cc2ccc(-c3cccc4c3oc3ccccc34)nc2cc1-c1ccccc1. The molecule has 6 rings (SSSR count). The summed E-state index contributed by atoms with van der Waals surface area (Å²) in [6.45, 7) is 7.22. The van der Waals surface area contributed by atoms with E-state index in [-0.39, 0.29) is 0 Å². The lowest BCUT2D eigenvalue weighted by molar-refractivity contribution is 0.670. The Morgan fingerprint density at radius 1 is 0.667 bits per heavy atom. The monoisotopic (exact) mass is 443 g/mol. The van der Waals surface area contributed by atoms with Gasteiger partial charge in [-0.25, -0.2) is 4.98 Å². The first kappa shape index (κ1) is 20.0. The molecular formula is C30H25NOSi. The molecule has 0 fully saturated rings. The van der Waals surface area contributed by atoms with Crippen LogP contribution in [0.4, 0.5) is 0 Å². The highest BCUT2D eigenvalue weighted by molar-refractivity contribution is 6.89. The fourth-order valence-electron chi connectivity index (χ4n) is 4.75. The number of rotatable bonds is 3. The molecule has 0 atom stereocenters. The van der Waals surface area contributed by atoms with Crippen molar-refractivity contribution in [3.05, 3.63) is 97.1 Å². The van der Waals surface area contributed by atoms with E-state index in [9.17, 15) is 0 Å². The lowest BCUT2D eigenvalue weighted by Crippen LogP contribution is -2.39. The van der Waals surface area contributed by atoms with Crippen molar-refractivity contribution < 1.29 is 4.42 Å². The number of benzene rings is 4. The van der Waals surface area contributed by atoms with Crippen molar-refractivity contribution in [2.45, 2.75) is 19.6 Å². The van der Waals surface area contributed by atoms with Crippen molar-refractivity contribution in [2.24, 2.45) is 0 Å². The maximum atomic E-state index is 6.27. The third-order valence-corrected chi connectivity index (χ3v) is 8.43. The van der Waals surface area contributed by atoms with Crippen LogP contribution in [0.1, 0.15) is 0 Å². The van der Waals surface area contributed by atoms with E-state index in [1.807, 2.05) is 12.1 Å². The molecule has 4 aromatic carbocycles. The van der Waals surface area contributed by atoms with Gasteiger partial charge in [0.1, 0.15) is 11.2 Å². The summed E-state index contributed by atoms with van der Waals surface area (Å²) in [5, 5.41) is 4.92. The zero-order chi connectivity index (χ0) is 22.6. The lowest BCUT2D eigenvalue weighted by atomic mass is 10.0. The first-order valence-corrected chi connectivity index (χ1v) is 14.9. The molecule has 33 heavy (non-hydrogen) atoms. The molecule has 0 aliphatic carbocycles. The minimum atomic E-state index is -1.55. The van der Waals surface area contributed by atoms with Crippen LogP contribution < -0.4 is 5.19 Å². The summed E-state index contributed by atoms with van der Waals surface area (Å²) in [6, 6.07) is 34.2. The maximum Gasteiger partial charge on any atom is 0.144 e. The Labute approximate surface area is 194 Å². The molecule has 0 unspecified atom stereocenters. The first-order chi connectivity index (χ1) is 16.0. The minimum Gasteiger partial charge on any atom is -0.455 e. The predicted molar refractivity (Wildman–Crippen MR) is 143 cm³/mol. The van der Waals surface area contributed by atoms with Crippen LogP contribution in [0.3, 0.4) is 0 Å². The second-order valence-corrected chi connectivity index (χ2v) is 14.7. The Hall–Kier alpha value is -3.69. The van der Waals surface area contributed by atoms with Gasteiger partial charge in [-0.3, -0.25) is 0 Å². The number of hydrogen-bond donors (Lipinski definition) is 0. The summed E-state index contributed by atoms with van der Waals surface area (Å²) in [6.07, 6.45) is 0. The molecule has 0 amide bonds. The molecule has 3 heteroatoms. The molecule has 0 spiro atoms. The van der Waals surface area contributed by atoms with E-state index in [1.165, 1.54) is 21.7 Å². The van der Waals surface area contributed by atoms with Crippen LogP contribution in [-0.2, 0) is 0 Å². The number of aromatic nitrogens is 1. The molecule has 0 N–H and O–H groups in total. The topological polar surface area (TPSA) is 26.0 Å². The van der Waals surface area contributed by atoms with Crippen molar-refractivity contribution in [3.8, 4) is 22.4 Å². The smallest absolute Gasteiger partial charge is 0.144 e. The van der Waals surface area contributed by atoms with Crippen LogP contribution in [0.15, 0.2) is 101 Å². The van der Waals surface area contributed by atoms with Gasteiger partial charge in [0.2, 0.25) is 0 Å². The van der Waals surface area contributed by atoms with E-state index in [0.717, 1.165) is 38.7 Å². The molecule has 160 valence electrons. The van der Waals surface area contributed by atoms with Crippen LogP contribution >= 0.6 is 0 Å². The highest BCUT2D eigenvalue weighted by atomic mass is 28.3. The van der Waals surface area contributed by atoms with Gasteiger partial charge in [-0.05, 0) is 35.4 Å². The highest BCUT2D eigenvalue weighted by Crippen LogP contribution is 2.36. The van der Waals surface area contributed by atoms with E-state index >= 15 is 0 Å². The zero-order valence-corrected chi connectivity index (χ0v) is 20.1. The Morgan fingerprint density at radius 3 is 2.24 bits per heavy atom. The van der Waals surface area contributed by atoms with Crippen LogP contribution in [0.2, 0.25) is 19.6 Å². The van der Waals surface area contributed by atoms with Crippen molar-refractivity contribution in [2.75, 3.05) is 0 Å². The average molecular weight is 444 g/mol. The molecule has 0 saturated heterocycles. The van der Waals surface area contributed by atoms with E-state index in [1.54, 1.807) is 0 Å². The second-order valence-electron chi connectivity index (χ2n) is 9.68. The summed E-state index contributed by atoms with van der Waals surface area (Å²) >= 11 is 0. The van der Waals surface area contributed by atoms with Crippen LogP contribution in [0, 0.1) is 0 Å². The number of para-hydroxylation sites is 2. The Bertz CT molecular complexity index is 1640. The van der Waals surface area contributed by atoms with Crippen molar-refractivity contribution in [1.82, 2.24) is 4.98 Å². The molecule has 2 nitrogen and oxygen atoms in total. The molecule has 0 aliphatic rings. The molecule has 0 aliphatic heterocycles. The Morgan fingerprint density at radius 2 is 1.42 bits per heavy atom. The van der Waals surface area contributed by atoms with Crippen molar-refractivity contribution in [3.63, 3.8) is 0 Å². The fourth-order valence-corrected chi connectivity index (χ4v) is 6.36. The molecule has 2 aromatic heterocycles. The predicted octanol–water partition coefficient (Wildman–Crippen LogP) is 8.01. The quantitative estimate of drug-likeness (QED) is 0.259. The Kier molecular flexibility index (Phi) is 4.49. The number of nitrogens with zero attached hydrogens (tertiary/aromatic N) is 1. The van der Waals surface area contributed by atoms with Gasteiger partial charge in [0.25, 0.3) is 0 Å². The number of fused-ring (bicyclic) bond motifs is 4. The van der Waals surface area contributed by atoms with Gasteiger partial charge in [-0.2, -0.15) is 0 Å². The van der Waals surface area contributed by atoms with Crippen molar-refractivity contribution in [1.29, 1.82) is 0 Å². The van der Waals surface area contributed by atoms with Gasteiger partial charge >= 0.3 is 0 Å². The first-order valence-electron chi connectivity index (χ1n) is 11.4. The van der Waals surface area contributed by atoms with E-state index in [4.69, 9.17) is 9.40 Å². The molecule has 2 heterocycles. The number of furan rings is 1. The average Bonchev–Trinajstić information content (AvgIpc) is 3.22. The third kappa shape index (κ3) is 3.36. The summed E-state index contributed by atoms with van der Waals surface area (Å²) in [4.78, 5) is 5.13. The highest BCUT2D eigenvalue weighted by Gasteiger charge is 2.22. The van der Waals surface area contributed by atoms with E-state index < -0.39 is 8.07 Å². The standard InChI is InChI=1S/C30H25NOSi/c1-33(2,3)29-18-21-16-17-26(31-27(21)19-25(29)20-10-5-4-6-11-20)24-14-9-13-23-22-12-7-8-15-28(22)32-30(23)24/h4-19H,1-3H3. The lowest BCUT2D eigenvalue weighted by Gasteiger charge is -2.22. The summed E-state index contributed by atoms with van der Waals surface area (Å²) < 4.78 is 6.27. The summed E-state index contributed by atoms with van der Waals surface area (Å²) in [5.41, 5.74) is 7.34. The van der Waals surface area contributed by atoms with Crippen LogP contribution in [0.25, 0.3) is 55.2 Å². The molecule has 0 saturated carbocycles. The number of hydrogen-bond acceptors (Lipinski definition) is 2. The molecular weight excluding hydrogens is 418 g/mol. The van der Waals surface area contributed by atoms with Crippen LogP contribution in [0.5, 0.6) is 0 Å². The van der Waals surface area contributed by atoms with Gasteiger partial charge in [0, 0.05) is 21.7 Å². The van der Waals surface area contributed by atoms with Gasteiger partial charge in [-0.1, -0.05) is 97.6 Å². The Balaban J connectivity index is 1.59. The van der Waals surface area contributed by atoms with Gasteiger partial charge in [0.15, 0.2) is 0 Å². The van der Waals surface area contributed by atoms with Gasteiger partial charge in [-0.15, -0.1) is 0 Å². The molecule has 0 bridgehead atoms. The maximum absolute atomic E-state index is 6.27. The van der Waals surface area contributed by atoms with E-state index in [0.29, 0.717) is 0 Å². The molecule has 0 radical (unpaired) electrons. The van der Waals surface area contributed by atoms with Gasteiger partial charge in [0.05, 0.1) is 19.3 Å². The number of pyridine rings is 1. The third-order valence-electron chi connectivity index (χ3n) is 6.40. The summed E-state index contributed by atoms with van der Waals surface area (Å²) in [5.74, 6) is 0. The normalized spacial score (nSPS) is 12.1. The van der Waals surface area contributed by atoms with Crippen molar-refractivity contribution >= 4 is 46.1 Å². The summed E-state index contributed by atoms with van der Waals surface area (Å²) in [7, 11) is -1.55. The van der Waals surface area contributed by atoms with E-state index in [2.05, 4.69) is 105 Å². The second kappa shape index (κ2) is 7.43. The molecule has 6 aromatic rings.